The molecule has 2 unspecified atom stereocenters. The summed E-state index contributed by atoms with van der Waals surface area (Å²) >= 11 is 0. The number of ether oxygens (including phenoxy) is 1. The minimum Gasteiger partial charge on any atom is -0.496 e. The Morgan fingerprint density at radius 3 is 2.62 bits per heavy atom. The van der Waals surface area contributed by atoms with Crippen molar-refractivity contribution in [3.05, 3.63) is 29.8 Å². The standard InChI is InChI=1S/C14H22O2/c1-4-7-11(2)10-13(15)12-8-5-6-9-14(12)16-3/h5-6,8-9,11,13,15H,4,7,10H2,1-3H3. The Hall–Kier alpha value is -1.02. The quantitative estimate of drug-likeness (QED) is 0.797. The lowest BCUT2D eigenvalue weighted by molar-refractivity contribution is 0.141. The summed E-state index contributed by atoms with van der Waals surface area (Å²) in [5, 5.41) is 10.1. The van der Waals surface area contributed by atoms with Gasteiger partial charge in [-0.15, -0.1) is 0 Å². The van der Waals surface area contributed by atoms with Crippen LogP contribution in [0.25, 0.3) is 0 Å². The zero-order valence-electron chi connectivity index (χ0n) is 10.4. The van der Waals surface area contributed by atoms with Gasteiger partial charge in [0.2, 0.25) is 0 Å². The number of hydrogen-bond acceptors (Lipinski definition) is 2. The topological polar surface area (TPSA) is 29.5 Å². The average molecular weight is 222 g/mol. The molecule has 0 aromatic heterocycles. The van der Waals surface area contributed by atoms with Gasteiger partial charge in [-0.05, 0) is 18.4 Å². The second kappa shape index (κ2) is 6.54. The van der Waals surface area contributed by atoms with E-state index in [9.17, 15) is 5.11 Å². The number of para-hydroxylation sites is 1. The summed E-state index contributed by atoms with van der Waals surface area (Å²) in [6.07, 6.45) is 2.71. The lowest BCUT2D eigenvalue weighted by Crippen LogP contribution is -2.06. The van der Waals surface area contributed by atoms with Crippen LogP contribution in [0, 0.1) is 5.92 Å². The maximum atomic E-state index is 10.1. The first-order valence-corrected chi connectivity index (χ1v) is 6.00. The fourth-order valence-corrected chi connectivity index (χ4v) is 2.06. The van der Waals surface area contributed by atoms with Crippen molar-refractivity contribution < 1.29 is 9.84 Å². The van der Waals surface area contributed by atoms with Crippen LogP contribution in [0.1, 0.15) is 44.8 Å². The summed E-state index contributed by atoms with van der Waals surface area (Å²) in [7, 11) is 1.64. The van der Waals surface area contributed by atoms with Crippen molar-refractivity contribution in [2.75, 3.05) is 7.11 Å². The van der Waals surface area contributed by atoms with Gasteiger partial charge < -0.3 is 9.84 Å². The average Bonchev–Trinajstić information content (AvgIpc) is 2.29. The van der Waals surface area contributed by atoms with E-state index in [2.05, 4.69) is 13.8 Å². The molecule has 0 fully saturated rings. The maximum absolute atomic E-state index is 10.1. The van der Waals surface area contributed by atoms with Gasteiger partial charge in [0, 0.05) is 5.56 Å². The number of aliphatic hydroxyl groups is 1. The molecule has 2 heteroatoms. The molecule has 2 nitrogen and oxygen atoms in total. The molecule has 1 rings (SSSR count). The number of hydrogen-bond donors (Lipinski definition) is 1. The van der Waals surface area contributed by atoms with Crippen molar-refractivity contribution >= 4 is 0 Å². The molecule has 1 aromatic rings. The molecule has 0 spiro atoms. The fourth-order valence-electron chi connectivity index (χ4n) is 2.06. The van der Waals surface area contributed by atoms with Crippen LogP contribution in [0.2, 0.25) is 0 Å². The first kappa shape index (κ1) is 13.0. The second-order valence-electron chi connectivity index (χ2n) is 4.39. The van der Waals surface area contributed by atoms with E-state index >= 15 is 0 Å². The van der Waals surface area contributed by atoms with Gasteiger partial charge in [0.15, 0.2) is 0 Å². The van der Waals surface area contributed by atoms with Gasteiger partial charge in [-0.1, -0.05) is 44.9 Å². The Morgan fingerprint density at radius 1 is 1.31 bits per heavy atom. The predicted octanol–water partition coefficient (Wildman–Crippen LogP) is 3.55. The summed E-state index contributed by atoms with van der Waals surface area (Å²) < 4.78 is 5.25. The van der Waals surface area contributed by atoms with Crippen molar-refractivity contribution in [2.24, 2.45) is 5.92 Å². The Kier molecular flexibility index (Phi) is 5.33. The number of methoxy groups -OCH3 is 1. The van der Waals surface area contributed by atoms with Crippen LogP contribution in [-0.4, -0.2) is 12.2 Å². The van der Waals surface area contributed by atoms with Crippen molar-refractivity contribution in [3.8, 4) is 5.75 Å². The molecule has 16 heavy (non-hydrogen) atoms. The van der Waals surface area contributed by atoms with E-state index < -0.39 is 6.10 Å². The van der Waals surface area contributed by atoms with Gasteiger partial charge in [-0.25, -0.2) is 0 Å². The zero-order valence-corrected chi connectivity index (χ0v) is 10.4. The van der Waals surface area contributed by atoms with E-state index in [4.69, 9.17) is 4.74 Å². The third kappa shape index (κ3) is 3.53. The van der Waals surface area contributed by atoms with Crippen molar-refractivity contribution in [1.82, 2.24) is 0 Å². The molecule has 0 saturated heterocycles. The third-order valence-electron chi connectivity index (χ3n) is 2.91. The van der Waals surface area contributed by atoms with Crippen LogP contribution in [-0.2, 0) is 0 Å². The number of aliphatic hydroxyl groups excluding tert-OH is 1. The van der Waals surface area contributed by atoms with Crippen LogP contribution < -0.4 is 4.74 Å². The molecule has 90 valence electrons. The Labute approximate surface area is 98.3 Å². The molecule has 0 heterocycles. The van der Waals surface area contributed by atoms with Gasteiger partial charge in [-0.2, -0.15) is 0 Å². The van der Waals surface area contributed by atoms with Gasteiger partial charge >= 0.3 is 0 Å². The third-order valence-corrected chi connectivity index (χ3v) is 2.91. The molecular weight excluding hydrogens is 200 g/mol. The van der Waals surface area contributed by atoms with E-state index in [1.165, 1.54) is 6.42 Å². The van der Waals surface area contributed by atoms with E-state index in [-0.39, 0.29) is 0 Å². The largest absolute Gasteiger partial charge is 0.496 e. The molecule has 0 aliphatic heterocycles. The molecule has 1 N–H and O–H groups in total. The van der Waals surface area contributed by atoms with Crippen LogP contribution >= 0.6 is 0 Å². The minimum absolute atomic E-state index is 0.419. The lowest BCUT2D eigenvalue weighted by atomic mass is 9.94. The molecule has 0 amide bonds. The van der Waals surface area contributed by atoms with E-state index in [1.54, 1.807) is 7.11 Å². The van der Waals surface area contributed by atoms with Crippen molar-refractivity contribution in [1.29, 1.82) is 0 Å². The van der Waals surface area contributed by atoms with Crippen molar-refractivity contribution in [2.45, 2.75) is 39.2 Å². The molecule has 0 aliphatic rings. The van der Waals surface area contributed by atoms with Gasteiger partial charge in [0.25, 0.3) is 0 Å². The highest BCUT2D eigenvalue weighted by atomic mass is 16.5. The highest BCUT2D eigenvalue weighted by Gasteiger charge is 2.15. The SMILES string of the molecule is CCCC(C)CC(O)c1ccccc1OC. The molecule has 0 radical (unpaired) electrons. The summed E-state index contributed by atoms with van der Waals surface area (Å²) in [5.41, 5.74) is 0.896. The van der Waals surface area contributed by atoms with Crippen LogP contribution in [0.5, 0.6) is 5.75 Å². The minimum atomic E-state index is -0.419. The van der Waals surface area contributed by atoms with Crippen LogP contribution in [0.15, 0.2) is 24.3 Å². The normalized spacial score (nSPS) is 14.5. The van der Waals surface area contributed by atoms with E-state index in [0.717, 1.165) is 24.2 Å². The van der Waals surface area contributed by atoms with Crippen LogP contribution in [0.4, 0.5) is 0 Å². The summed E-state index contributed by atoms with van der Waals surface area (Å²) in [6.45, 7) is 4.36. The summed E-state index contributed by atoms with van der Waals surface area (Å²) in [5.74, 6) is 1.32. The molecular formula is C14H22O2. The summed E-state index contributed by atoms with van der Waals surface area (Å²) in [4.78, 5) is 0. The smallest absolute Gasteiger partial charge is 0.124 e. The Morgan fingerprint density at radius 2 is 2.00 bits per heavy atom. The Bertz CT molecular complexity index is 309. The highest BCUT2D eigenvalue weighted by Crippen LogP contribution is 2.30. The molecule has 0 aliphatic carbocycles. The zero-order chi connectivity index (χ0) is 12.0. The number of benzene rings is 1. The molecule has 1 aromatic carbocycles. The molecule has 0 bridgehead atoms. The Balaban J connectivity index is 2.68. The van der Waals surface area contributed by atoms with Crippen molar-refractivity contribution in [3.63, 3.8) is 0 Å². The lowest BCUT2D eigenvalue weighted by Gasteiger charge is -2.18. The summed E-state index contributed by atoms with van der Waals surface area (Å²) in [6, 6.07) is 7.68. The van der Waals surface area contributed by atoms with E-state index in [1.807, 2.05) is 24.3 Å². The first-order valence-electron chi connectivity index (χ1n) is 6.00. The molecule has 2 atom stereocenters. The highest BCUT2D eigenvalue weighted by molar-refractivity contribution is 5.34. The van der Waals surface area contributed by atoms with Gasteiger partial charge in [0.05, 0.1) is 13.2 Å². The van der Waals surface area contributed by atoms with E-state index in [0.29, 0.717) is 5.92 Å². The van der Waals surface area contributed by atoms with Gasteiger partial charge in [-0.3, -0.25) is 0 Å². The predicted molar refractivity (Wildman–Crippen MR) is 66.6 cm³/mol. The van der Waals surface area contributed by atoms with Gasteiger partial charge in [0.1, 0.15) is 5.75 Å². The molecule has 0 saturated carbocycles. The second-order valence-corrected chi connectivity index (χ2v) is 4.39. The maximum Gasteiger partial charge on any atom is 0.124 e. The first-order chi connectivity index (χ1) is 7.69. The monoisotopic (exact) mass is 222 g/mol. The van der Waals surface area contributed by atoms with Crippen LogP contribution in [0.3, 0.4) is 0 Å². The number of rotatable bonds is 6. The fraction of sp³-hybridized carbons (Fsp3) is 0.571.